The minimum absolute atomic E-state index is 0.270. The van der Waals surface area contributed by atoms with Crippen molar-refractivity contribution in [1.82, 2.24) is 10.4 Å². The number of nitrogens with one attached hydrogen (secondary N) is 1. The standard InChI is InChI=1S/C14H21N2O7P.C3H8/c1-14(2,24(21,22)23)15-9-12(17)16(20)11(8-13(18)19)10-6-4-3-5-7-10;1-3-2/h3-7,11,15,20H,8-9H2,1-2H3,(H,18,19)(H2,21,22,23);3H2,1-2H3. The summed E-state index contributed by atoms with van der Waals surface area (Å²) in [6.07, 6.45) is 0.730. The lowest BCUT2D eigenvalue weighted by Gasteiger charge is -2.29. The van der Waals surface area contributed by atoms with Crippen molar-refractivity contribution in [2.75, 3.05) is 6.54 Å². The molecule has 1 amide bonds. The maximum absolute atomic E-state index is 12.1. The highest BCUT2D eigenvalue weighted by Gasteiger charge is 2.38. The first kappa shape index (κ1) is 25.2. The second-order valence-electron chi connectivity index (χ2n) is 6.43. The molecule has 1 aromatic rings. The van der Waals surface area contributed by atoms with Crippen LogP contribution in [0.5, 0.6) is 0 Å². The van der Waals surface area contributed by atoms with Gasteiger partial charge in [-0.2, -0.15) is 0 Å². The van der Waals surface area contributed by atoms with Crippen LogP contribution in [0, 0.1) is 0 Å². The molecule has 0 spiro atoms. The molecule has 0 radical (unpaired) electrons. The molecule has 0 saturated heterocycles. The zero-order valence-electron chi connectivity index (χ0n) is 16.0. The Kier molecular flexibility index (Phi) is 10.4. The van der Waals surface area contributed by atoms with Gasteiger partial charge in [-0.25, -0.2) is 5.06 Å². The molecule has 5 N–H and O–H groups in total. The summed E-state index contributed by atoms with van der Waals surface area (Å²) in [5.41, 5.74) is 0.421. The SMILES string of the molecule is CC(C)(NCC(=O)N(O)C(CC(=O)O)c1ccccc1)P(=O)(O)O.CCC. The number of carbonyl (C=O) groups is 2. The van der Waals surface area contributed by atoms with Crippen LogP contribution in [-0.2, 0) is 14.2 Å². The number of carboxylic acids is 1. The molecule has 154 valence electrons. The fourth-order valence-electron chi connectivity index (χ4n) is 1.84. The fraction of sp³-hybridized carbons (Fsp3) is 0.529. The number of hydrogen-bond acceptors (Lipinski definition) is 5. The van der Waals surface area contributed by atoms with Crippen LogP contribution >= 0.6 is 7.60 Å². The number of amides is 1. The van der Waals surface area contributed by atoms with E-state index in [1.165, 1.54) is 20.3 Å². The van der Waals surface area contributed by atoms with E-state index in [-0.39, 0.29) is 5.06 Å². The van der Waals surface area contributed by atoms with Crippen molar-refractivity contribution in [3.05, 3.63) is 35.9 Å². The first-order valence-electron chi connectivity index (χ1n) is 8.45. The van der Waals surface area contributed by atoms with Crippen LogP contribution in [0.25, 0.3) is 0 Å². The Morgan fingerprint density at radius 3 is 2.07 bits per heavy atom. The lowest BCUT2D eigenvalue weighted by Crippen LogP contribution is -2.46. The van der Waals surface area contributed by atoms with E-state index in [4.69, 9.17) is 5.11 Å². The van der Waals surface area contributed by atoms with Crippen molar-refractivity contribution >= 4 is 19.5 Å². The molecule has 1 unspecified atom stereocenters. The van der Waals surface area contributed by atoms with Crippen LogP contribution in [0.15, 0.2) is 30.3 Å². The van der Waals surface area contributed by atoms with E-state index in [1.807, 2.05) is 0 Å². The third kappa shape index (κ3) is 8.64. The number of nitrogens with zero attached hydrogens (tertiary/aromatic N) is 1. The zero-order valence-corrected chi connectivity index (χ0v) is 16.9. The summed E-state index contributed by atoms with van der Waals surface area (Å²) in [4.78, 5) is 41.4. The summed E-state index contributed by atoms with van der Waals surface area (Å²) in [6.45, 7) is 6.11. The molecular weight excluding hydrogens is 375 g/mol. The summed E-state index contributed by atoms with van der Waals surface area (Å²) in [5, 5.41) is 20.0. The molecule has 0 saturated carbocycles. The summed E-state index contributed by atoms with van der Waals surface area (Å²) in [5.74, 6) is -2.12. The Morgan fingerprint density at radius 2 is 1.67 bits per heavy atom. The van der Waals surface area contributed by atoms with Gasteiger partial charge in [0.2, 0.25) is 0 Å². The first-order chi connectivity index (χ1) is 12.4. The number of carbonyl (C=O) groups excluding carboxylic acids is 1. The van der Waals surface area contributed by atoms with Gasteiger partial charge in [-0.1, -0.05) is 50.6 Å². The third-order valence-electron chi connectivity index (χ3n) is 3.50. The van der Waals surface area contributed by atoms with Crippen LogP contribution in [0.2, 0.25) is 0 Å². The molecule has 1 aromatic carbocycles. The molecule has 0 heterocycles. The summed E-state index contributed by atoms with van der Waals surface area (Å²) < 4.78 is 11.3. The molecule has 1 rings (SSSR count). The number of benzene rings is 1. The quantitative estimate of drug-likeness (QED) is 0.252. The highest BCUT2D eigenvalue weighted by atomic mass is 31.2. The van der Waals surface area contributed by atoms with Gasteiger partial charge in [-0.3, -0.25) is 24.7 Å². The van der Waals surface area contributed by atoms with E-state index < -0.39 is 43.8 Å². The predicted octanol–water partition coefficient (Wildman–Crippen LogP) is 2.34. The van der Waals surface area contributed by atoms with Crippen molar-refractivity contribution in [2.45, 2.75) is 51.9 Å². The van der Waals surface area contributed by atoms with Gasteiger partial charge < -0.3 is 14.9 Å². The first-order valence-corrected chi connectivity index (χ1v) is 10.1. The number of rotatable bonds is 8. The van der Waals surface area contributed by atoms with E-state index in [2.05, 4.69) is 19.2 Å². The molecule has 27 heavy (non-hydrogen) atoms. The number of hydroxylamine groups is 2. The van der Waals surface area contributed by atoms with Crippen molar-refractivity contribution in [1.29, 1.82) is 0 Å². The van der Waals surface area contributed by atoms with Crippen molar-refractivity contribution in [3.63, 3.8) is 0 Å². The molecule has 0 aliphatic carbocycles. The summed E-state index contributed by atoms with van der Waals surface area (Å²) in [7, 11) is -4.52. The van der Waals surface area contributed by atoms with E-state index in [0.717, 1.165) is 0 Å². The monoisotopic (exact) mass is 404 g/mol. The smallest absolute Gasteiger partial charge is 0.344 e. The minimum Gasteiger partial charge on any atom is -0.481 e. The number of carboxylic acid groups (broad SMARTS) is 1. The van der Waals surface area contributed by atoms with E-state index in [0.29, 0.717) is 5.56 Å². The Bertz CT molecular complexity index is 646. The molecule has 10 heteroatoms. The van der Waals surface area contributed by atoms with Gasteiger partial charge in [0, 0.05) is 0 Å². The van der Waals surface area contributed by atoms with E-state index in [1.54, 1.807) is 30.3 Å². The molecule has 0 aromatic heterocycles. The molecule has 0 aliphatic heterocycles. The van der Waals surface area contributed by atoms with Crippen molar-refractivity contribution in [2.24, 2.45) is 0 Å². The van der Waals surface area contributed by atoms with Gasteiger partial charge in [0.1, 0.15) is 5.28 Å². The molecule has 1 atom stereocenters. The van der Waals surface area contributed by atoms with Gasteiger partial charge in [-0.15, -0.1) is 0 Å². The lowest BCUT2D eigenvalue weighted by molar-refractivity contribution is -0.178. The van der Waals surface area contributed by atoms with Crippen LogP contribution < -0.4 is 5.32 Å². The van der Waals surface area contributed by atoms with Gasteiger partial charge in [0.15, 0.2) is 0 Å². The third-order valence-corrected chi connectivity index (χ3v) is 5.12. The van der Waals surface area contributed by atoms with Crippen LogP contribution in [0.1, 0.15) is 52.1 Å². The van der Waals surface area contributed by atoms with Gasteiger partial charge in [0.05, 0.1) is 19.0 Å². The van der Waals surface area contributed by atoms with Gasteiger partial charge in [-0.05, 0) is 19.4 Å². The average molecular weight is 404 g/mol. The maximum atomic E-state index is 12.1. The highest BCUT2D eigenvalue weighted by Crippen LogP contribution is 2.47. The summed E-state index contributed by atoms with van der Waals surface area (Å²) >= 11 is 0. The van der Waals surface area contributed by atoms with Gasteiger partial charge >= 0.3 is 13.6 Å². The van der Waals surface area contributed by atoms with Crippen LogP contribution in [0.3, 0.4) is 0 Å². The van der Waals surface area contributed by atoms with Crippen LogP contribution in [-0.4, -0.2) is 48.9 Å². The summed E-state index contributed by atoms with van der Waals surface area (Å²) in [6, 6.07) is 6.99. The van der Waals surface area contributed by atoms with Gasteiger partial charge in [0.25, 0.3) is 5.91 Å². The molecule has 0 fully saturated rings. The largest absolute Gasteiger partial charge is 0.481 e. The molecule has 0 aliphatic rings. The van der Waals surface area contributed by atoms with Crippen LogP contribution in [0.4, 0.5) is 0 Å². The normalized spacial score (nSPS) is 12.6. The predicted molar refractivity (Wildman–Crippen MR) is 100 cm³/mol. The Morgan fingerprint density at radius 1 is 1.19 bits per heavy atom. The highest BCUT2D eigenvalue weighted by molar-refractivity contribution is 7.53. The maximum Gasteiger partial charge on any atom is 0.344 e. The lowest BCUT2D eigenvalue weighted by atomic mass is 10.0. The zero-order chi connectivity index (χ0) is 21.3. The Hall–Kier alpha value is -1.77. The average Bonchev–Trinajstić information content (AvgIpc) is 2.57. The van der Waals surface area contributed by atoms with E-state index in [9.17, 15) is 29.1 Å². The van der Waals surface area contributed by atoms with Crippen molar-refractivity contribution < 1.29 is 34.3 Å². The second kappa shape index (κ2) is 11.2. The van der Waals surface area contributed by atoms with E-state index >= 15 is 0 Å². The molecular formula is C17H29N2O7P. The molecule has 9 nitrogen and oxygen atoms in total. The number of hydrogen-bond donors (Lipinski definition) is 5. The molecule has 0 bridgehead atoms. The Balaban J connectivity index is 0.00000210. The second-order valence-corrected chi connectivity index (χ2v) is 8.63. The number of aliphatic carboxylic acids is 1. The van der Waals surface area contributed by atoms with Crippen molar-refractivity contribution in [3.8, 4) is 0 Å². The topological polar surface area (TPSA) is 147 Å². The minimum atomic E-state index is -4.52. The Labute approximate surface area is 159 Å². The fourth-order valence-corrected chi connectivity index (χ4v) is 2.12.